The number of hydroxylamine groups is 2. The lowest BCUT2D eigenvalue weighted by atomic mass is 9.62. The van der Waals surface area contributed by atoms with Gasteiger partial charge >= 0.3 is 5.97 Å². The van der Waals surface area contributed by atoms with E-state index in [4.69, 9.17) is 24.2 Å². The Hall–Kier alpha value is -3.85. The highest BCUT2D eigenvalue weighted by molar-refractivity contribution is 5.96. The van der Waals surface area contributed by atoms with E-state index in [0.29, 0.717) is 6.42 Å². The number of amides is 2. The number of para-hydroxylation sites is 1. The van der Waals surface area contributed by atoms with E-state index in [9.17, 15) is 24.6 Å². The van der Waals surface area contributed by atoms with Crippen LogP contribution in [0.5, 0.6) is 5.75 Å². The Bertz CT molecular complexity index is 1450. The van der Waals surface area contributed by atoms with Crippen molar-refractivity contribution in [2.24, 2.45) is 5.41 Å². The number of hydrogen-bond donors (Lipinski definition) is 5. The van der Waals surface area contributed by atoms with Gasteiger partial charge in [-0.25, -0.2) is 0 Å². The summed E-state index contributed by atoms with van der Waals surface area (Å²) in [6.07, 6.45) is 0.270. The van der Waals surface area contributed by atoms with Crippen LogP contribution < -0.4 is 10.6 Å². The molecule has 3 saturated heterocycles. The van der Waals surface area contributed by atoms with Crippen LogP contribution in [0, 0.1) is 5.41 Å². The maximum absolute atomic E-state index is 14.2. The molecule has 3 aliphatic heterocycles. The van der Waals surface area contributed by atoms with Crippen molar-refractivity contribution >= 4 is 23.9 Å². The second kappa shape index (κ2) is 12.9. The smallest absolute Gasteiger partial charge is 0.327 e. The lowest BCUT2D eigenvalue weighted by Crippen LogP contribution is -2.71. The number of aliphatic hydroxyl groups excluding tert-OH is 2. The normalized spacial score (nSPS) is 30.0. The first-order valence-corrected chi connectivity index (χ1v) is 15.0. The van der Waals surface area contributed by atoms with Gasteiger partial charge in [-0.2, -0.15) is 5.06 Å². The molecule has 240 valence electrons. The van der Waals surface area contributed by atoms with Crippen molar-refractivity contribution in [3.63, 3.8) is 0 Å². The summed E-state index contributed by atoms with van der Waals surface area (Å²) in [5.41, 5.74) is 1.07. The van der Waals surface area contributed by atoms with Crippen LogP contribution in [0.25, 0.3) is 6.08 Å². The Morgan fingerprint density at radius 3 is 2.62 bits per heavy atom. The van der Waals surface area contributed by atoms with Gasteiger partial charge in [-0.1, -0.05) is 54.6 Å². The van der Waals surface area contributed by atoms with Crippen molar-refractivity contribution in [1.29, 1.82) is 0 Å². The third kappa shape index (κ3) is 5.83. The molecule has 13 heteroatoms. The number of carbonyl (C=O) groups is 3. The number of ether oxygens (including phenoxy) is 3. The number of aliphatic hydroxyl groups is 2. The summed E-state index contributed by atoms with van der Waals surface area (Å²) in [4.78, 5) is 46.9. The summed E-state index contributed by atoms with van der Waals surface area (Å²) in [5, 5.41) is 36.0. The molecule has 4 fully saturated rings. The highest BCUT2D eigenvalue weighted by Crippen LogP contribution is 2.55. The Labute approximate surface area is 259 Å². The number of aromatic hydroxyl groups is 1. The molecule has 8 unspecified atom stereocenters. The van der Waals surface area contributed by atoms with E-state index in [1.165, 1.54) is 12.0 Å². The molecular weight excluding hydrogens is 586 g/mol. The van der Waals surface area contributed by atoms with E-state index < -0.39 is 65.8 Å². The number of allylic oxidation sites excluding steroid dienone is 1. The topological polar surface area (TPSA) is 176 Å². The first kappa shape index (κ1) is 31.1. The van der Waals surface area contributed by atoms with Gasteiger partial charge in [-0.15, -0.1) is 0 Å². The predicted octanol–water partition coefficient (Wildman–Crippen LogP) is 0.164. The van der Waals surface area contributed by atoms with Gasteiger partial charge in [-0.05, 0) is 36.1 Å². The van der Waals surface area contributed by atoms with Crippen LogP contribution in [-0.4, -0.2) is 101 Å². The van der Waals surface area contributed by atoms with Crippen molar-refractivity contribution in [2.75, 3.05) is 19.9 Å². The van der Waals surface area contributed by atoms with Crippen molar-refractivity contribution < 1.29 is 48.8 Å². The monoisotopic (exact) mass is 623 g/mol. The molecule has 8 atom stereocenters. The molecular formula is C32H37N3O10. The lowest BCUT2D eigenvalue weighted by molar-refractivity contribution is -0.201. The highest BCUT2D eigenvalue weighted by atomic mass is 16.8. The maximum Gasteiger partial charge on any atom is 0.327 e. The number of hydrogen-bond acceptors (Lipinski definition) is 11. The molecule has 13 nitrogen and oxygen atoms in total. The van der Waals surface area contributed by atoms with Crippen LogP contribution in [0.2, 0.25) is 0 Å². The molecule has 0 radical (unpaired) electrons. The fourth-order valence-electron chi connectivity index (χ4n) is 6.72. The number of nitrogens with one attached hydrogen (secondary N) is 2. The molecule has 1 aliphatic carbocycles. The number of phenols is 1. The van der Waals surface area contributed by atoms with E-state index in [1.807, 2.05) is 48.6 Å². The van der Waals surface area contributed by atoms with Crippen LogP contribution in [0.15, 0.2) is 54.6 Å². The number of esters is 1. The van der Waals surface area contributed by atoms with Crippen molar-refractivity contribution in [1.82, 2.24) is 15.7 Å². The van der Waals surface area contributed by atoms with Gasteiger partial charge in [0.25, 0.3) is 0 Å². The van der Waals surface area contributed by atoms with Crippen molar-refractivity contribution in [3.05, 3.63) is 71.3 Å². The fraction of sp³-hybridized carbons (Fsp3) is 0.469. The number of phenolic OH excluding ortho intramolecular Hbond substituents is 1. The molecule has 2 aromatic rings. The second-order valence-corrected chi connectivity index (χ2v) is 11.8. The summed E-state index contributed by atoms with van der Waals surface area (Å²) < 4.78 is 17.4. The third-order valence-electron chi connectivity index (χ3n) is 8.91. The van der Waals surface area contributed by atoms with Gasteiger partial charge in [0.1, 0.15) is 48.4 Å². The average Bonchev–Trinajstić information content (AvgIpc) is 3.65. The highest BCUT2D eigenvalue weighted by Gasteiger charge is 2.74. The van der Waals surface area contributed by atoms with Gasteiger partial charge in [0, 0.05) is 13.0 Å². The maximum atomic E-state index is 14.2. The van der Waals surface area contributed by atoms with E-state index in [1.54, 1.807) is 12.1 Å². The lowest BCUT2D eigenvalue weighted by Gasteiger charge is -2.49. The molecule has 2 aromatic carbocycles. The summed E-state index contributed by atoms with van der Waals surface area (Å²) in [6.45, 7) is 1.09. The Morgan fingerprint density at radius 2 is 1.89 bits per heavy atom. The largest absolute Gasteiger partial charge is 0.508 e. The molecule has 2 amide bonds. The van der Waals surface area contributed by atoms with E-state index >= 15 is 0 Å². The Morgan fingerprint density at radius 1 is 1.13 bits per heavy atom. The van der Waals surface area contributed by atoms with Gasteiger partial charge in [0.05, 0.1) is 19.3 Å². The van der Waals surface area contributed by atoms with Gasteiger partial charge in [0.15, 0.2) is 6.04 Å². The fourth-order valence-corrected chi connectivity index (χ4v) is 6.72. The molecule has 0 aromatic heterocycles. The summed E-state index contributed by atoms with van der Waals surface area (Å²) in [5.74, 6) is -1.73. The first-order valence-electron chi connectivity index (χ1n) is 15.0. The molecule has 4 aliphatic rings. The van der Waals surface area contributed by atoms with Gasteiger partial charge in [0.2, 0.25) is 11.8 Å². The summed E-state index contributed by atoms with van der Waals surface area (Å²) in [7, 11) is 0. The SMILES string of the molecule is CC(O)C(NC(=O)C12CC3OC(=O)C1N(Cc1ccc(C=CCc4ccccc4O)cc1)OC2C1OCOC31)C(=O)NCCO. The zero-order chi connectivity index (χ0) is 31.7. The first-order chi connectivity index (χ1) is 21.7. The Balaban J connectivity index is 1.23. The minimum Gasteiger partial charge on any atom is -0.508 e. The average molecular weight is 624 g/mol. The molecule has 0 spiro atoms. The Kier molecular flexibility index (Phi) is 8.91. The second-order valence-electron chi connectivity index (χ2n) is 11.8. The number of benzene rings is 2. The standard InChI is InChI=1S/C32H37N3O10/c1-18(37)24(29(39)33-13-14-36)34-31(41)32-15-23-25-26(43-17-42-25)28(32)45-35(27(32)30(40)44-23)16-20-11-9-19(10-12-20)5-4-7-21-6-2-3-8-22(21)38/h2-6,8-12,18,23-28,36-38H,7,13-17H2,1H3,(H,33,39)(H,34,41). The summed E-state index contributed by atoms with van der Waals surface area (Å²) in [6, 6.07) is 12.3. The number of nitrogens with zero attached hydrogens (tertiary/aromatic N) is 1. The predicted molar refractivity (Wildman–Crippen MR) is 157 cm³/mol. The molecule has 1 saturated carbocycles. The van der Waals surface area contributed by atoms with Crippen LogP contribution in [0.4, 0.5) is 0 Å². The minimum atomic E-state index is -1.50. The van der Waals surface area contributed by atoms with Crippen LogP contribution >= 0.6 is 0 Å². The zero-order valence-electron chi connectivity index (χ0n) is 24.7. The molecule has 5 N–H and O–H groups in total. The quantitative estimate of drug-likeness (QED) is 0.216. The van der Waals surface area contributed by atoms with Crippen LogP contribution in [-0.2, 0) is 46.4 Å². The van der Waals surface area contributed by atoms with Gasteiger partial charge < -0.3 is 40.2 Å². The summed E-state index contributed by atoms with van der Waals surface area (Å²) >= 11 is 0. The zero-order valence-corrected chi connectivity index (χ0v) is 24.7. The van der Waals surface area contributed by atoms with E-state index in [-0.39, 0.29) is 38.7 Å². The van der Waals surface area contributed by atoms with Crippen LogP contribution in [0.3, 0.4) is 0 Å². The van der Waals surface area contributed by atoms with E-state index in [0.717, 1.165) is 16.7 Å². The number of rotatable bonds is 11. The van der Waals surface area contributed by atoms with E-state index in [2.05, 4.69) is 10.6 Å². The van der Waals surface area contributed by atoms with Crippen LogP contribution in [0.1, 0.15) is 30.0 Å². The molecule has 6 rings (SSSR count). The minimum absolute atomic E-state index is 0.0512. The molecule has 2 bridgehead atoms. The number of fused-ring (bicyclic) bond motifs is 4. The molecule has 3 heterocycles. The van der Waals surface area contributed by atoms with Crippen molar-refractivity contribution in [3.8, 4) is 5.75 Å². The van der Waals surface area contributed by atoms with Gasteiger partial charge in [-0.3, -0.25) is 19.2 Å². The van der Waals surface area contributed by atoms with Crippen molar-refractivity contribution in [2.45, 2.75) is 68.9 Å². The number of carbonyl (C=O) groups excluding carboxylic acids is 3. The molecule has 45 heavy (non-hydrogen) atoms. The third-order valence-corrected chi connectivity index (χ3v) is 8.91.